The monoisotopic (exact) mass is 341 g/mol. The molecule has 3 rings (SSSR count). The minimum atomic E-state index is 0.0491. The lowest BCUT2D eigenvalue weighted by Gasteiger charge is -2.41. The molecule has 2 N–H and O–H groups in total. The van der Waals surface area contributed by atoms with Crippen LogP contribution < -0.4 is 10.6 Å². The molecule has 25 heavy (non-hydrogen) atoms. The van der Waals surface area contributed by atoms with E-state index in [1.165, 1.54) is 22.4 Å². The third-order valence-electron chi connectivity index (χ3n) is 5.37. The Morgan fingerprint density at radius 1 is 1.32 bits per heavy atom. The SMILES string of the molecule is CCCc1cc2c(cc1C(C)N)N(Cc1cc(C)on1)CCC2(C)C. The molecule has 2 heterocycles. The summed E-state index contributed by atoms with van der Waals surface area (Å²) >= 11 is 0. The number of nitrogens with two attached hydrogens (primary N) is 1. The Morgan fingerprint density at radius 3 is 2.68 bits per heavy atom. The third kappa shape index (κ3) is 3.59. The van der Waals surface area contributed by atoms with Gasteiger partial charge in [0.05, 0.1) is 6.54 Å². The zero-order chi connectivity index (χ0) is 18.2. The van der Waals surface area contributed by atoms with Crippen molar-refractivity contribution >= 4 is 5.69 Å². The van der Waals surface area contributed by atoms with Crippen molar-refractivity contribution in [2.45, 2.75) is 71.9 Å². The first-order valence-electron chi connectivity index (χ1n) is 9.42. The Balaban J connectivity index is 2.05. The highest BCUT2D eigenvalue weighted by Gasteiger charge is 2.32. The minimum absolute atomic E-state index is 0.0491. The van der Waals surface area contributed by atoms with Crippen LogP contribution in [0.3, 0.4) is 0 Å². The fraction of sp³-hybridized carbons (Fsp3) is 0.571. The lowest BCUT2D eigenvalue weighted by atomic mass is 9.75. The van der Waals surface area contributed by atoms with Crippen LogP contribution in [0.25, 0.3) is 0 Å². The van der Waals surface area contributed by atoms with Crippen molar-refractivity contribution in [3.63, 3.8) is 0 Å². The van der Waals surface area contributed by atoms with Crippen LogP contribution in [0.15, 0.2) is 22.7 Å². The Bertz CT molecular complexity index is 746. The molecule has 1 aromatic heterocycles. The van der Waals surface area contributed by atoms with Gasteiger partial charge in [0.15, 0.2) is 0 Å². The number of nitrogens with zero attached hydrogens (tertiary/aromatic N) is 2. The summed E-state index contributed by atoms with van der Waals surface area (Å²) in [7, 11) is 0. The summed E-state index contributed by atoms with van der Waals surface area (Å²) in [6.45, 7) is 12.8. The minimum Gasteiger partial charge on any atom is -0.365 e. The van der Waals surface area contributed by atoms with Crippen molar-refractivity contribution < 1.29 is 4.52 Å². The summed E-state index contributed by atoms with van der Waals surface area (Å²) in [6.07, 6.45) is 3.36. The van der Waals surface area contributed by atoms with Gasteiger partial charge in [0, 0.05) is 24.3 Å². The molecule has 0 saturated carbocycles. The van der Waals surface area contributed by atoms with E-state index in [4.69, 9.17) is 10.3 Å². The van der Waals surface area contributed by atoms with E-state index < -0.39 is 0 Å². The topological polar surface area (TPSA) is 55.3 Å². The Morgan fingerprint density at radius 2 is 2.08 bits per heavy atom. The molecule has 2 aromatic rings. The van der Waals surface area contributed by atoms with Crippen LogP contribution in [-0.2, 0) is 18.4 Å². The van der Waals surface area contributed by atoms with E-state index in [1.54, 1.807) is 0 Å². The second kappa shape index (κ2) is 6.83. The van der Waals surface area contributed by atoms with Crippen LogP contribution in [0.1, 0.15) is 74.7 Å². The van der Waals surface area contributed by atoms with Gasteiger partial charge in [0.2, 0.25) is 0 Å². The average molecular weight is 341 g/mol. The zero-order valence-electron chi connectivity index (χ0n) is 16.2. The lowest BCUT2D eigenvalue weighted by Crippen LogP contribution is -2.37. The molecule has 1 aromatic carbocycles. The number of anilines is 1. The summed E-state index contributed by atoms with van der Waals surface area (Å²) in [6, 6.07) is 6.82. The fourth-order valence-corrected chi connectivity index (χ4v) is 3.88. The molecular formula is C21H31N3O. The molecule has 4 heteroatoms. The van der Waals surface area contributed by atoms with Gasteiger partial charge in [-0.1, -0.05) is 38.4 Å². The maximum Gasteiger partial charge on any atom is 0.133 e. The Labute approximate surface area is 151 Å². The Hall–Kier alpha value is -1.81. The molecule has 4 nitrogen and oxygen atoms in total. The van der Waals surface area contributed by atoms with Gasteiger partial charge in [0.1, 0.15) is 11.5 Å². The first kappa shape index (κ1) is 18.0. The molecule has 0 spiro atoms. The van der Waals surface area contributed by atoms with E-state index in [0.717, 1.165) is 43.8 Å². The molecule has 1 aliphatic rings. The molecule has 1 atom stereocenters. The van der Waals surface area contributed by atoms with E-state index in [2.05, 4.69) is 49.9 Å². The molecule has 0 amide bonds. The molecular weight excluding hydrogens is 310 g/mol. The smallest absolute Gasteiger partial charge is 0.133 e. The molecule has 1 aliphatic heterocycles. The molecule has 0 aliphatic carbocycles. The molecule has 0 bridgehead atoms. The highest BCUT2D eigenvalue weighted by molar-refractivity contribution is 5.62. The van der Waals surface area contributed by atoms with E-state index in [1.807, 2.05) is 13.0 Å². The van der Waals surface area contributed by atoms with Crippen LogP contribution in [0, 0.1) is 6.92 Å². The normalized spacial score (nSPS) is 17.4. The number of rotatable bonds is 5. The quantitative estimate of drug-likeness (QED) is 0.860. The van der Waals surface area contributed by atoms with Crippen LogP contribution in [0.2, 0.25) is 0 Å². The number of hydrogen-bond acceptors (Lipinski definition) is 4. The summed E-state index contributed by atoms with van der Waals surface area (Å²) in [5.74, 6) is 0.863. The number of aromatic nitrogens is 1. The van der Waals surface area contributed by atoms with Gasteiger partial charge in [0.25, 0.3) is 0 Å². The summed E-state index contributed by atoms with van der Waals surface area (Å²) in [5, 5.41) is 4.18. The summed E-state index contributed by atoms with van der Waals surface area (Å²) in [5.41, 5.74) is 12.9. The van der Waals surface area contributed by atoms with Crippen LogP contribution in [0.4, 0.5) is 5.69 Å². The maximum absolute atomic E-state index is 6.30. The number of fused-ring (bicyclic) bond motifs is 1. The molecule has 0 fully saturated rings. The highest BCUT2D eigenvalue weighted by atomic mass is 16.5. The summed E-state index contributed by atoms with van der Waals surface area (Å²) in [4.78, 5) is 2.43. The maximum atomic E-state index is 6.30. The molecule has 0 saturated heterocycles. The molecule has 1 unspecified atom stereocenters. The van der Waals surface area contributed by atoms with Gasteiger partial charge < -0.3 is 15.2 Å². The van der Waals surface area contributed by atoms with Gasteiger partial charge in [-0.05, 0) is 54.9 Å². The average Bonchev–Trinajstić information content (AvgIpc) is 2.95. The zero-order valence-corrected chi connectivity index (χ0v) is 16.2. The van der Waals surface area contributed by atoms with Gasteiger partial charge in [-0.3, -0.25) is 0 Å². The van der Waals surface area contributed by atoms with Gasteiger partial charge >= 0.3 is 0 Å². The van der Waals surface area contributed by atoms with Gasteiger partial charge in [-0.25, -0.2) is 0 Å². The lowest BCUT2D eigenvalue weighted by molar-refractivity contribution is 0.388. The second-order valence-corrected chi connectivity index (χ2v) is 8.09. The van der Waals surface area contributed by atoms with E-state index in [9.17, 15) is 0 Å². The van der Waals surface area contributed by atoms with Crippen molar-refractivity contribution in [3.8, 4) is 0 Å². The van der Waals surface area contributed by atoms with Crippen LogP contribution in [0.5, 0.6) is 0 Å². The summed E-state index contributed by atoms with van der Waals surface area (Å²) < 4.78 is 5.25. The standard InChI is InChI=1S/C21H31N3O/c1-6-7-16-11-19-20(12-18(16)15(3)22)24(9-8-21(19,4)5)13-17-10-14(2)25-23-17/h10-12,15H,6-9,13,22H2,1-5H3. The van der Waals surface area contributed by atoms with Crippen molar-refractivity contribution in [2.24, 2.45) is 5.73 Å². The molecule has 136 valence electrons. The molecule has 0 radical (unpaired) electrons. The van der Waals surface area contributed by atoms with Gasteiger partial charge in [-0.15, -0.1) is 0 Å². The third-order valence-corrected chi connectivity index (χ3v) is 5.37. The first-order chi connectivity index (χ1) is 11.8. The number of benzene rings is 1. The predicted molar refractivity (Wildman–Crippen MR) is 103 cm³/mol. The highest BCUT2D eigenvalue weighted by Crippen LogP contribution is 2.42. The van der Waals surface area contributed by atoms with Crippen molar-refractivity contribution in [2.75, 3.05) is 11.4 Å². The van der Waals surface area contributed by atoms with E-state index in [0.29, 0.717) is 0 Å². The largest absolute Gasteiger partial charge is 0.365 e. The number of aryl methyl sites for hydroxylation is 2. The number of hydrogen-bond donors (Lipinski definition) is 1. The van der Waals surface area contributed by atoms with E-state index in [-0.39, 0.29) is 11.5 Å². The van der Waals surface area contributed by atoms with Crippen LogP contribution >= 0.6 is 0 Å². The Kier molecular flexibility index (Phi) is 4.92. The van der Waals surface area contributed by atoms with Crippen LogP contribution in [-0.4, -0.2) is 11.7 Å². The van der Waals surface area contributed by atoms with E-state index >= 15 is 0 Å². The first-order valence-corrected chi connectivity index (χ1v) is 9.42. The fourth-order valence-electron chi connectivity index (χ4n) is 3.88. The van der Waals surface area contributed by atoms with Gasteiger partial charge in [-0.2, -0.15) is 0 Å². The second-order valence-electron chi connectivity index (χ2n) is 8.09. The predicted octanol–water partition coefficient (Wildman–Crippen LogP) is 4.64. The van der Waals surface area contributed by atoms with Crippen molar-refractivity contribution in [1.82, 2.24) is 5.16 Å². The van der Waals surface area contributed by atoms with Crippen molar-refractivity contribution in [1.29, 1.82) is 0 Å². The van der Waals surface area contributed by atoms with Crippen molar-refractivity contribution in [3.05, 3.63) is 46.3 Å².